The van der Waals surface area contributed by atoms with Gasteiger partial charge in [0.2, 0.25) is 5.54 Å². The lowest BCUT2D eigenvalue weighted by Crippen LogP contribution is -2.30. The molecule has 2 heteroatoms. The summed E-state index contributed by atoms with van der Waals surface area (Å²) in [5.74, 6) is 0. The van der Waals surface area contributed by atoms with Gasteiger partial charge in [0, 0.05) is 26.7 Å². The Morgan fingerprint density at radius 1 is 1.56 bits per heavy atom. The number of rotatable bonds is 1. The van der Waals surface area contributed by atoms with Crippen LogP contribution in [0.5, 0.6) is 0 Å². The van der Waals surface area contributed by atoms with E-state index in [1.54, 1.807) is 7.11 Å². The molecule has 0 aliphatic carbocycles. The van der Waals surface area contributed by atoms with Gasteiger partial charge < -0.3 is 0 Å². The molecule has 1 aliphatic heterocycles. The van der Waals surface area contributed by atoms with Crippen molar-refractivity contribution in [1.29, 1.82) is 0 Å². The van der Waals surface area contributed by atoms with Gasteiger partial charge in [-0.1, -0.05) is 0 Å². The lowest BCUT2D eigenvalue weighted by atomic mass is 10.0. The summed E-state index contributed by atoms with van der Waals surface area (Å²) in [6.45, 7) is 4.36. The Morgan fingerprint density at radius 3 is 2.44 bits per heavy atom. The van der Waals surface area contributed by atoms with E-state index in [4.69, 9.17) is 4.84 Å². The van der Waals surface area contributed by atoms with Crippen LogP contribution in [0, 0.1) is 0 Å². The van der Waals surface area contributed by atoms with Gasteiger partial charge in [0.05, 0.1) is 0 Å². The molecular formula is C7H14NO+. The highest BCUT2D eigenvalue weighted by Gasteiger charge is 2.36. The van der Waals surface area contributed by atoms with Crippen molar-refractivity contribution < 1.29 is 9.58 Å². The second-order valence-corrected chi connectivity index (χ2v) is 3.04. The first-order valence-corrected chi connectivity index (χ1v) is 3.33. The Labute approximate surface area is 56.1 Å². The van der Waals surface area contributed by atoms with E-state index in [9.17, 15) is 0 Å². The van der Waals surface area contributed by atoms with Crippen molar-refractivity contribution >= 4 is 6.21 Å². The zero-order valence-corrected chi connectivity index (χ0v) is 6.35. The molecule has 52 valence electrons. The summed E-state index contributed by atoms with van der Waals surface area (Å²) < 4.78 is 1.92. The first-order valence-electron chi connectivity index (χ1n) is 3.33. The van der Waals surface area contributed by atoms with Crippen LogP contribution in [0.3, 0.4) is 0 Å². The highest BCUT2D eigenvalue weighted by Crippen LogP contribution is 2.20. The van der Waals surface area contributed by atoms with Crippen LogP contribution in [-0.2, 0) is 4.84 Å². The molecule has 0 spiro atoms. The van der Waals surface area contributed by atoms with Crippen LogP contribution in [0.1, 0.15) is 26.7 Å². The third kappa shape index (κ3) is 1.07. The van der Waals surface area contributed by atoms with Gasteiger partial charge in [0.1, 0.15) is 7.11 Å². The first-order chi connectivity index (χ1) is 4.17. The smallest absolute Gasteiger partial charge is 0.206 e. The van der Waals surface area contributed by atoms with Gasteiger partial charge in [0.25, 0.3) is 0 Å². The van der Waals surface area contributed by atoms with Crippen molar-refractivity contribution in [1.82, 2.24) is 0 Å². The van der Waals surface area contributed by atoms with Gasteiger partial charge in [-0.25, -0.2) is 0 Å². The van der Waals surface area contributed by atoms with Gasteiger partial charge in [-0.05, 0) is 4.74 Å². The maximum atomic E-state index is 5.10. The fourth-order valence-corrected chi connectivity index (χ4v) is 1.21. The minimum atomic E-state index is 0.217. The summed E-state index contributed by atoms with van der Waals surface area (Å²) in [5.41, 5.74) is 0.217. The zero-order chi connectivity index (χ0) is 6.91. The van der Waals surface area contributed by atoms with Crippen molar-refractivity contribution in [3.05, 3.63) is 0 Å². The maximum absolute atomic E-state index is 5.10. The normalized spacial score (nSPS) is 23.7. The quantitative estimate of drug-likeness (QED) is 0.483. The van der Waals surface area contributed by atoms with Gasteiger partial charge in [0.15, 0.2) is 6.21 Å². The fourth-order valence-electron chi connectivity index (χ4n) is 1.21. The van der Waals surface area contributed by atoms with Crippen LogP contribution in [-0.4, -0.2) is 23.6 Å². The number of hydrogen-bond donors (Lipinski definition) is 0. The largest absolute Gasteiger partial charge is 0.280 e. The molecule has 0 aromatic heterocycles. The topological polar surface area (TPSA) is 12.2 Å². The van der Waals surface area contributed by atoms with E-state index in [1.807, 2.05) is 4.74 Å². The van der Waals surface area contributed by atoms with Gasteiger partial charge in [-0.2, -0.15) is 0 Å². The van der Waals surface area contributed by atoms with Gasteiger partial charge >= 0.3 is 0 Å². The van der Waals surface area contributed by atoms with E-state index < -0.39 is 0 Å². The Bertz CT molecular complexity index is 138. The summed E-state index contributed by atoms with van der Waals surface area (Å²) in [4.78, 5) is 5.10. The summed E-state index contributed by atoms with van der Waals surface area (Å²) in [7, 11) is 1.71. The van der Waals surface area contributed by atoms with Crippen LogP contribution in [0.2, 0.25) is 0 Å². The van der Waals surface area contributed by atoms with E-state index in [0.717, 1.165) is 6.42 Å². The maximum Gasteiger partial charge on any atom is 0.206 e. The molecule has 0 bridgehead atoms. The first kappa shape index (κ1) is 6.59. The van der Waals surface area contributed by atoms with Gasteiger partial charge in [-0.15, -0.1) is 0 Å². The Morgan fingerprint density at radius 2 is 2.22 bits per heavy atom. The molecule has 0 saturated carbocycles. The average molecular weight is 128 g/mol. The van der Waals surface area contributed by atoms with Gasteiger partial charge in [-0.3, -0.25) is 4.84 Å². The van der Waals surface area contributed by atoms with Crippen molar-refractivity contribution in [3.63, 3.8) is 0 Å². The van der Waals surface area contributed by atoms with E-state index >= 15 is 0 Å². The summed E-state index contributed by atoms with van der Waals surface area (Å²) in [5, 5.41) is 0. The molecule has 0 fully saturated rings. The third-order valence-electron chi connectivity index (χ3n) is 1.84. The minimum Gasteiger partial charge on any atom is -0.280 e. The van der Waals surface area contributed by atoms with Crippen molar-refractivity contribution in [2.45, 2.75) is 32.2 Å². The van der Waals surface area contributed by atoms with Crippen molar-refractivity contribution in [2.75, 3.05) is 7.11 Å². The third-order valence-corrected chi connectivity index (χ3v) is 1.84. The minimum absolute atomic E-state index is 0.217. The second kappa shape index (κ2) is 2.01. The van der Waals surface area contributed by atoms with Crippen LogP contribution in [0.15, 0.2) is 0 Å². The Hall–Kier alpha value is -0.530. The molecule has 9 heavy (non-hydrogen) atoms. The van der Waals surface area contributed by atoms with E-state index in [2.05, 4.69) is 20.1 Å². The Kier molecular flexibility index (Phi) is 1.47. The molecule has 0 saturated heterocycles. The summed E-state index contributed by atoms with van der Waals surface area (Å²) in [6, 6.07) is 0. The highest BCUT2D eigenvalue weighted by atomic mass is 16.7. The van der Waals surface area contributed by atoms with E-state index in [1.165, 1.54) is 6.42 Å². The molecular weight excluding hydrogens is 114 g/mol. The van der Waals surface area contributed by atoms with Crippen LogP contribution in [0.25, 0.3) is 0 Å². The zero-order valence-electron chi connectivity index (χ0n) is 6.35. The lowest BCUT2D eigenvalue weighted by Gasteiger charge is -2.11. The molecule has 0 N–H and O–H groups in total. The Balaban J connectivity index is 2.69. The summed E-state index contributed by atoms with van der Waals surface area (Å²) in [6.07, 6.45) is 4.43. The average Bonchev–Trinajstić information content (AvgIpc) is 2.08. The SMILES string of the molecule is CO[N+]1=CCCC1(C)C. The predicted molar refractivity (Wildman–Crippen MR) is 36.6 cm³/mol. The number of nitrogens with zero attached hydrogens (tertiary/aromatic N) is 1. The molecule has 0 radical (unpaired) electrons. The highest BCUT2D eigenvalue weighted by molar-refractivity contribution is 5.52. The van der Waals surface area contributed by atoms with Crippen LogP contribution >= 0.6 is 0 Å². The van der Waals surface area contributed by atoms with Crippen LogP contribution < -0.4 is 0 Å². The number of hydrogen-bond acceptors (Lipinski definition) is 1. The number of hydroxylamine groups is 1. The lowest BCUT2D eigenvalue weighted by molar-refractivity contribution is -0.818. The molecule has 1 rings (SSSR count). The van der Waals surface area contributed by atoms with Crippen LogP contribution in [0.4, 0.5) is 0 Å². The van der Waals surface area contributed by atoms with Crippen molar-refractivity contribution in [3.8, 4) is 0 Å². The molecule has 0 amide bonds. The molecule has 0 aromatic carbocycles. The predicted octanol–water partition coefficient (Wildman–Crippen LogP) is 1.20. The molecule has 2 nitrogen and oxygen atoms in total. The summed E-state index contributed by atoms with van der Waals surface area (Å²) >= 11 is 0. The molecule has 0 unspecified atom stereocenters. The monoisotopic (exact) mass is 128 g/mol. The molecule has 0 aromatic rings. The second-order valence-electron chi connectivity index (χ2n) is 3.04. The molecule has 1 aliphatic rings. The molecule has 0 atom stereocenters. The molecule has 1 heterocycles. The van der Waals surface area contributed by atoms with E-state index in [0.29, 0.717) is 0 Å². The fraction of sp³-hybridized carbons (Fsp3) is 0.857. The van der Waals surface area contributed by atoms with Crippen molar-refractivity contribution in [2.24, 2.45) is 0 Å². The van der Waals surface area contributed by atoms with E-state index in [-0.39, 0.29) is 5.54 Å². The standard InChI is InChI=1S/C7H14NO/c1-7(2)5-4-6-8(7)9-3/h6H,4-5H2,1-3H3/q+1.